The first-order chi connectivity index (χ1) is 24.2. The molecule has 4 aromatic heterocycles. The molecule has 2 N–H and O–H groups in total. The number of thiophene rings is 1. The van der Waals surface area contributed by atoms with E-state index in [4.69, 9.17) is 35.0 Å². The number of amides is 1. The lowest BCUT2D eigenvalue weighted by molar-refractivity contribution is -0.131. The molecule has 0 unspecified atom stereocenters. The van der Waals surface area contributed by atoms with E-state index in [-0.39, 0.29) is 18.3 Å². The molecule has 268 valence electrons. The highest BCUT2D eigenvalue weighted by Gasteiger charge is 2.10. The number of ketones is 1. The number of halogens is 1. The summed E-state index contributed by atoms with van der Waals surface area (Å²) in [6, 6.07) is 9.19. The molecule has 15 heteroatoms. The molecule has 0 bridgehead atoms. The third-order valence-corrected chi connectivity index (χ3v) is 8.54. The molecule has 0 radical (unpaired) electrons. The van der Waals surface area contributed by atoms with Gasteiger partial charge in [-0.15, -0.1) is 11.3 Å². The van der Waals surface area contributed by atoms with Gasteiger partial charge in [0.25, 0.3) is 0 Å². The van der Waals surface area contributed by atoms with Crippen molar-refractivity contribution in [2.45, 2.75) is 48.5 Å². The number of aldehydes is 1. The Morgan fingerprint density at radius 1 is 0.843 bits per heavy atom. The van der Waals surface area contributed by atoms with Crippen LogP contribution in [0.15, 0.2) is 56.1 Å². The van der Waals surface area contributed by atoms with Crippen LogP contribution in [0, 0.1) is 41.5 Å². The number of hydrogen-bond donors (Lipinski definition) is 2. The number of carbonyl (C=O) groups is 4. The highest BCUT2D eigenvalue weighted by molar-refractivity contribution is 7.17. The summed E-state index contributed by atoms with van der Waals surface area (Å²) >= 11 is 7.75. The highest BCUT2D eigenvalue weighted by atomic mass is 35.5. The predicted molar refractivity (Wildman–Crippen MR) is 192 cm³/mol. The van der Waals surface area contributed by atoms with Gasteiger partial charge in [-0.2, -0.15) is 0 Å². The van der Waals surface area contributed by atoms with Crippen LogP contribution in [-0.4, -0.2) is 57.7 Å². The first-order valence-electron chi connectivity index (χ1n) is 15.4. The van der Waals surface area contributed by atoms with Crippen molar-refractivity contribution in [1.29, 1.82) is 0 Å². The molecule has 51 heavy (non-hydrogen) atoms. The fourth-order valence-corrected chi connectivity index (χ4v) is 5.41. The maximum Gasteiger partial charge on any atom is 0.328 e. The van der Waals surface area contributed by atoms with E-state index in [1.165, 1.54) is 23.5 Å². The lowest BCUT2D eigenvalue weighted by Gasteiger charge is -2.09. The van der Waals surface area contributed by atoms with Gasteiger partial charge in [0.05, 0.1) is 39.1 Å². The summed E-state index contributed by atoms with van der Waals surface area (Å²) in [6.07, 6.45) is 6.40. The normalized spacial score (nSPS) is 10.7. The number of Topliss-reactive ketones (excluding diaryl/α,β-unsaturated/α-hetero) is 1. The van der Waals surface area contributed by atoms with Gasteiger partial charge in [0.1, 0.15) is 29.6 Å². The van der Waals surface area contributed by atoms with Gasteiger partial charge >= 0.3 is 5.97 Å². The molecule has 0 aliphatic rings. The fraction of sp³-hybridized carbons (Fsp3) is 0.250. The summed E-state index contributed by atoms with van der Waals surface area (Å²) in [4.78, 5) is 45.5. The van der Waals surface area contributed by atoms with Gasteiger partial charge in [-0.25, -0.2) is 4.79 Å². The van der Waals surface area contributed by atoms with Gasteiger partial charge < -0.3 is 28.7 Å². The quantitative estimate of drug-likeness (QED) is 0.0586. The van der Waals surface area contributed by atoms with Gasteiger partial charge in [-0.05, 0) is 96.5 Å². The van der Waals surface area contributed by atoms with E-state index in [1.54, 1.807) is 59.8 Å². The minimum absolute atomic E-state index is 0.0425. The van der Waals surface area contributed by atoms with E-state index in [0.29, 0.717) is 56.4 Å². The minimum atomic E-state index is -0.977. The fourth-order valence-electron chi connectivity index (χ4n) is 4.28. The van der Waals surface area contributed by atoms with Crippen LogP contribution in [0.2, 0.25) is 5.02 Å². The predicted octanol–water partition coefficient (Wildman–Crippen LogP) is 7.58. The summed E-state index contributed by atoms with van der Waals surface area (Å²) in [5, 5.41) is 22.7. The van der Waals surface area contributed by atoms with Crippen LogP contribution in [0.5, 0.6) is 5.75 Å². The molecule has 4 heterocycles. The molecule has 1 aromatic carbocycles. The second-order valence-electron chi connectivity index (χ2n) is 10.8. The van der Waals surface area contributed by atoms with Gasteiger partial charge in [-0.1, -0.05) is 27.1 Å². The average molecular weight is 737 g/mol. The number of carbonyl (C=O) groups excluding carboxylic acids is 3. The van der Waals surface area contributed by atoms with Crippen LogP contribution in [0.4, 0.5) is 0 Å². The molecule has 13 nitrogen and oxygen atoms in total. The second kappa shape index (κ2) is 19.0. The Labute approximate surface area is 302 Å². The van der Waals surface area contributed by atoms with Crippen LogP contribution >= 0.6 is 22.9 Å². The van der Waals surface area contributed by atoms with Crippen molar-refractivity contribution >= 4 is 59.0 Å². The Balaban J connectivity index is 0.000000271. The highest BCUT2D eigenvalue weighted by Crippen LogP contribution is 2.34. The number of aryl methyl sites for hydroxylation is 6. The number of nitrogens with one attached hydrogen (secondary N) is 1. The van der Waals surface area contributed by atoms with E-state index in [1.807, 2.05) is 25.1 Å². The Kier molecular flexibility index (Phi) is 14.8. The molecular weight excluding hydrogens is 700 g/mol. The number of aromatic nitrogens is 3. The Morgan fingerprint density at radius 2 is 1.39 bits per heavy atom. The topological polar surface area (TPSA) is 188 Å². The van der Waals surface area contributed by atoms with Gasteiger partial charge in [0.15, 0.2) is 12.1 Å². The van der Waals surface area contributed by atoms with Crippen LogP contribution in [0.1, 0.15) is 72.4 Å². The van der Waals surface area contributed by atoms with Crippen molar-refractivity contribution < 1.29 is 42.6 Å². The largest absolute Gasteiger partial charge is 0.490 e. The first-order valence-corrected chi connectivity index (χ1v) is 16.5. The average Bonchev–Trinajstić information content (AvgIpc) is 3.86. The number of carboxylic acids is 1. The zero-order chi connectivity index (χ0) is 37.7. The first kappa shape index (κ1) is 39.8. The second-order valence-corrected chi connectivity index (χ2v) is 12.3. The summed E-state index contributed by atoms with van der Waals surface area (Å²) in [5.74, 6) is 1.24. The van der Waals surface area contributed by atoms with E-state index >= 15 is 0 Å². The van der Waals surface area contributed by atoms with Crippen molar-refractivity contribution in [3.8, 4) is 16.2 Å². The molecule has 0 fully saturated rings. The molecule has 5 rings (SSSR count). The number of hydrogen-bond acceptors (Lipinski definition) is 12. The monoisotopic (exact) mass is 736 g/mol. The maximum absolute atomic E-state index is 11.9. The Morgan fingerprint density at radius 3 is 1.82 bits per heavy atom. The smallest absolute Gasteiger partial charge is 0.328 e. The summed E-state index contributed by atoms with van der Waals surface area (Å²) in [7, 11) is 0. The van der Waals surface area contributed by atoms with Crippen LogP contribution < -0.4 is 10.1 Å². The minimum Gasteiger partial charge on any atom is -0.490 e. The van der Waals surface area contributed by atoms with E-state index in [2.05, 4.69) is 20.8 Å². The van der Waals surface area contributed by atoms with Crippen LogP contribution in [-0.2, 0) is 9.59 Å². The molecule has 0 aliphatic heterocycles. The van der Waals surface area contributed by atoms with Crippen LogP contribution in [0.25, 0.3) is 22.6 Å². The molecule has 0 saturated carbocycles. The Hall–Kier alpha value is -5.60. The van der Waals surface area contributed by atoms with Crippen molar-refractivity contribution in [3.05, 3.63) is 103 Å². The van der Waals surface area contributed by atoms with Crippen molar-refractivity contribution in [1.82, 2.24) is 20.8 Å². The van der Waals surface area contributed by atoms with Crippen molar-refractivity contribution in [3.63, 3.8) is 0 Å². The molecule has 5 aromatic rings. The SMILES string of the molecule is CC(=O)c1ccc(-c2ccc(OCCNC(=O)/C=C/c3c(C)noc3C)c(Cl)c2)s1.Cc1noc(C)c1/C=C/C(=O)O.Cc1noc(C)c1C=O. The van der Waals surface area contributed by atoms with Crippen molar-refractivity contribution in [2.24, 2.45) is 0 Å². The molecule has 0 atom stereocenters. The lowest BCUT2D eigenvalue weighted by atomic mass is 10.2. The number of ether oxygens (including phenoxy) is 1. The van der Waals surface area contributed by atoms with Gasteiger partial charge in [0.2, 0.25) is 5.91 Å². The molecule has 1 amide bonds. The van der Waals surface area contributed by atoms with E-state index in [9.17, 15) is 19.2 Å². The molecule has 0 spiro atoms. The molecule has 0 aliphatic carbocycles. The lowest BCUT2D eigenvalue weighted by Crippen LogP contribution is -2.26. The number of nitrogens with zero attached hydrogens (tertiary/aromatic N) is 3. The zero-order valence-electron chi connectivity index (χ0n) is 29.0. The van der Waals surface area contributed by atoms with Gasteiger partial charge in [-0.3, -0.25) is 14.4 Å². The maximum atomic E-state index is 11.9. The number of carboxylic acid groups (broad SMARTS) is 1. The van der Waals surface area contributed by atoms with Crippen molar-refractivity contribution in [2.75, 3.05) is 13.2 Å². The van der Waals surface area contributed by atoms with Crippen LogP contribution in [0.3, 0.4) is 0 Å². The van der Waals surface area contributed by atoms with E-state index in [0.717, 1.165) is 39.6 Å². The number of benzene rings is 1. The third kappa shape index (κ3) is 11.8. The number of aliphatic carboxylic acids is 1. The van der Waals surface area contributed by atoms with E-state index < -0.39 is 5.97 Å². The zero-order valence-corrected chi connectivity index (χ0v) is 30.6. The third-order valence-electron chi connectivity index (χ3n) is 7.01. The van der Waals surface area contributed by atoms with Gasteiger partial charge in [0, 0.05) is 28.2 Å². The molecule has 0 saturated heterocycles. The summed E-state index contributed by atoms with van der Waals surface area (Å²) in [5.41, 5.74) is 5.11. The number of rotatable bonds is 11. The summed E-state index contributed by atoms with van der Waals surface area (Å²) < 4.78 is 20.3. The Bertz CT molecular complexity index is 1990. The summed E-state index contributed by atoms with van der Waals surface area (Å²) in [6.45, 7) is 12.7. The standard InChI is InChI=1S/C22H21ClN2O4S.C8H9NO3.C6H7NO2/c1-13-17(15(3)29-25-13)5-9-22(27)24-10-11-28-19-6-4-16(12-18(19)23)21-8-7-20(30-21)14(2)26;1-5-7(3-4-8(10)11)6(2)12-9-5;1-4-6(3-8)5(2)9-7-4/h4-9,12H,10-11H2,1-3H3,(H,24,27);3-4H,1-2H3,(H,10,11);3H,1-2H3/b9-5+;4-3+;. The molecular formula is C36H37ClN4O9S.